The molecule has 4 aromatic carbocycles. The van der Waals surface area contributed by atoms with Gasteiger partial charge in [-0.15, -0.1) is 0 Å². The fourth-order valence-electron chi connectivity index (χ4n) is 4.15. The van der Waals surface area contributed by atoms with Crippen LogP contribution >= 0.6 is 7.81 Å². The average Bonchev–Trinajstić information content (AvgIpc) is 3.21. The number of aromatic nitrogens is 2. The van der Waals surface area contributed by atoms with Crippen LogP contribution in [0.15, 0.2) is 128 Å². The third kappa shape index (κ3) is 8.60. The van der Waals surface area contributed by atoms with Crippen LogP contribution in [0.5, 0.6) is 0 Å². The van der Waals surface area contributed by atoms with Crippen molar-refractivity contribution in [1.29, 1.82) is 0 Å². The molecule has 2 nitrogen and oxygen atoms in total. The Labute approximate surface area is 216 Å². The molecule has 0 saturated heterocycles. The summed E-state index contributed by atoms with van der Waals surface area (Å²) in [5.41, 5.74) is 7.52. The molecule has 9 heteroatoms. The van der Waals surface area contributed by atoms with E-state index in [2.05, 4.69) is 137 Å². The van der Waals surface area contributed by atoms with E-state index in [0.717, 1.165) is 13.1 Å². The number of nitrogens with zero attached hydrogens (tertiary/aromatic N) is 2. The molecular weight excluding hydrogens is 521 g/mol. The first kappa shape index (κ1) is 27.1. The fourth-order valence-corrected chi connectivity index (χ4v) is 4.15. The van der Waals surface area contributed by atoms with Crippen LogP contribution in [-0.2, 0) is 13.1 Å². The second-order valence-electron chi connectivity index (χ2n) is 8.73. The van der Waals surface area contributed by atoms with Gasteiger partial charge in [0.15, 0.2) is 11.4 Å². The molecule has 0 aliphatic heterocycles. The Morgan fingerprint density at radius 1 is 0.526 bits per heavy atom. The minimum absolute atomic E-state index is 0.826. The van der Waals surface area contributed by atoms with Crippen LogP contribution in [-0.4, -0.2) is 4.57 Å². The Morgan fingerprint density at radius 3 is 1.39 bits per heavy atom. The zero-order valence-corrected chi connectivity index (χ0v) is 21.0. The normalized spacial score (nSPS) is 13.1. The van der Waals surface area contributed by atoms with Crippen LogP contribution in [0.4, 0.5) is 25.2 Å². The maximum Gasteiger partial charge on any atom is 0.245 e. The van der Waals surface area contributed by atoms with Gasteiger partial charge in [-0.3, -0.25) is 0 Å². The number of hydrogen-bond acceptors (Lipinski definition) is 0. The van der Waals surface area contributed by atoms with E-state index in [0.29, 0.717) is 0 Å². The van der Waals surface area contributed by atoms with Gasteiger partial charge < -0.3 is 0 Å². The molecule has 5 aromatic rings. The van der Waals surface area contributed by atoms with Crippen molar-refractivity contribution >= 4 is 7.81 Å². The Morgan fingerprint density at radius 2 is 0.921 bits per heavy atom. The second-order valence-corrected chi connectivity index (χ2v) is 10.6. The third-order valence-corrected chi connectivity index (χ3v) is 5.56. The van der Waals surface area contributed by atoms with E-state index in [4.69, 9.17) is 0 Å². The molecule has 38 heavy (non-hydrogen) atoms. The van der Waals surface area contributed by atoms with Crippen LogP contribution in [0.3, 0.4) is 0 Å². The molecule has 5 rings (SSSR count). The van der Waals surface area contributed by atoms with Gasteiger partial charge in [-0.2, -0.15) is 0 Å². The molecule has 0 amide bonds. The molecular formula is C29H25F6N2P. The standard InChI is InChI=1S/C29H25N2.F6P/c1-5-13-24(14-6-1)21-30-23-31(22-25-15-7-2-8-16-25)29(27-19-11-4-12-20-27)28(30)26-17-9-3-10-18-26;1-7(2,3,4,5)6/h1-20,23H,21-22H2;/q+1;-1. The van der Waals surface area contributed by atoms with Crippen molar-refractivity contribution in [1.82, 2.24) is 4.57 Å². The van der Waals surface area contributed by atoms with Crippen molar-refractivity contribution in [2.45, 2.75) is 13.1 Å². The Kier molecular flexibility index (Phi) is 7.22. The van der Waals surface area contributed by atoms with E-state index in [1.54, 1.807) is 0 Å². The first-order chi connectivity index (χ1) is 17.8. The summed E-state index contributed by atoms with van der Waals surface area (Å²) >= 11 is 0. The summed E-state index contributed by atoms with van der Waals surface area (Å²) < 4.78 is 64.0. The quantitative estimate of drug-likeness (QED) is 0.114. The predicted octanol–water partition coefficient (Wildman–Crippen LogP) is 9.59. The molecule has 0 atom stereocenters. The number of rotatable bonds is 6. The molecule has 1 heterocycles. The summed E-state index contributed by atoms with van der Waals surface area (Å²) in [7, 11) is -10.7. The van der Waals surface area contributed by atoms with E-state index < -0.39 is 7.81 Å². The number of hydrogen-bond donors (Lipinski definition) is 0. The van der Waals surface area contributed by atoms with E-state index in [1.165, 1.54) is 33.6 Å². The first-order valence-corrected chi connectivity index (χ1v) is 13.7. The van der Waals surface area contributed by atoms with Crippen molar-refractivity contribution < 1.29 is 29.7 Å². The van der Waals surface area contributed by atoms with Gasteiger partial charge in [0.25, 0.3) is 0 Å². The average molecular weight is 546 g/mol. The zero-order chi connectivity index (χ0) is 27.3. The SMILES string of the molecule is F[P-](F)(F)(F)(F)F.c1ccc(Cn2c[n+](Cc3ccccc3)c(-c3ccccc3)c2-c2ccccc2)cc1. The molecule has 0 aliphatic rings. The molecule has 0 N–H and O–H groups in total. The second kappa shape index (κ2) is 10.1. The third-order valence-electron chi connectivity index (χ3n) is 5.56. The number of halogens is 6. The van der Waals surface area contributed by atoms with Gasteiger partial charge in [0, 0.05) is 11.1 Å². The summed E-state index contributed by atoms with van der Waals surface area (Å²) in [6, 6.07) is 42.8. The van der Waals surface area contributed by atoms with E-state index in [9.17, 15) is 25.2 Å². The van der Waals surface area contributed by atoms with E-state index in [-0.39, 0.29) is 0 Å². The Balaban J connectivity index is 0.000000426. The maximum absolute atomic E-state index is 10.7. The van der Waals surface area contributed by atoms with Crippen molar-refractivity contribution in [2.75, 3.05) is 0 Å². The Hall–Kier alpha value is -3.90. The van der Waals surface area contributed by atoms with E-state index in [1.807, 2.05) is 0 Å². The molecule has 0 bridgehead atoms. The predicted molar refractivity (Wildman–Crippen MR) is 140 cm³/mol. The molecule has 0 saturated carbocycles. The van der Waals surface area contributed by atoms with Crippen molar-refractivity contribution in [3.63, 3.8) is 0 Å². The molecule has 0 radical (unpaired) electrons. The topological polar surface area (TPSA) is 8.81 Å². The van der Waals surface area contributed by atoms with Crippen molar-refractivity contribution in [3.8, 4) is 22.5 Å². The smallest absolute Gasteiger partial charge is 0.225 e. The van der Waals surface area contributed by atoms with Gasteiger partial charge in [-0.1, -0.05) is 121 Å². The number of imidazole rings is 1. The molecule has 198 valence electrons. The van der Waals surface area contributed by atoms with Crippen molar-refractivity contribution in [3.05, 3.63) is 139 Å². The van der Waals surface area contributed by atoms with Gasteiger partial charge in [0.1, 0.15) is 13.1 Å². The summed E-state index contributed by atoms with van der Waals surface area (Å²) in [5.74, 6) is 0. The monoisotopic (exact) mass is 546 g/mol. The molecule has 0 aliphatic carbocycles. The first-order valence-electron chi connectivity index (χ1n) is 11.7. The van der Waals surface area contributed by atoms with Crippen LogP contribution in [0.1, 0.15) is 11.1 Å². The van der Waals surface area contributed by atoms with Gasteiger partial charge in [0.05, 0.1) is 0 Å². The van der Waals surface area contributed by atoms with Gasteiger partial charge in [-0.05, 0) is 11.1 Å². The van der Waals surface area contributed by atoms with Crippen molar-refractivity contribution in [2.24, 2.45) is 0 Å². The van der Waals surface area contributed by atoms with E-state index >= 15 is 0 Å². The minimum Gasteiger partial charge on any atom is -0.225 e. The minimum atomic E-state index is -10.7. The van der Waals surface area contributed by atoms with Gasteiger partial charge >= 0.3 is 33.0 Å². The molecule has 0 spiro atoms. The zero-order valence-electron chi connectivity index (χ0n) is 20.1. The van der Waals surface area contributed by atoms with Crippen LogP contribution in [0.2, 0.25) is 0 Å². The summed E-state index contributed by atoms with van der Waals surface area (Å²) in [5, 5.41) is 0. The molecule has 0 unspecified atom stereocenters. The van der Waals surface area contributed by atoms with Gasteiger partial charge in [0.2, 0.25) is 6.33 Å². The molecule has 1 aromatic heterocycles. The van der Waals surface area contributed by atoms with Gasteiger partial charge in [-0.25, -0.2) is 9.13 Å². The van der Waals surface area contributed by atoms with Crippen LogP contribution in [0.25, 0.3) is 22.5 Å². The molecule has 0 fully saturated rings. The summed E-state index contributed by atoms with van der Waals surface area (Å²) in [6.07, 6.45) is 2.27. The van der Waals surface area contributed by atoms with Crippen LogP contribution < -0.4 is 4.57 Å². The summed E-state index contributed by atoms with van der Waals surface area (Å²) in [6.45, 7) is 1.65. The van der Waals surface area contributed by atoms with Crippen LogP contribution in [0, 0.1) is 0 Å². The summed E-state index contributed by atoms with van der Waals surface area (Å²) in [4.78, 5) is 0. The number of benzene rings is 4. The largest absolute Gasteiger partial charge is 0.245 e. The Bertz CT molecular complexity index is 1360. The maximum atomic E-state index is 9.87. The fraction of sp³-hybridized carbons (Fsp3) is 0.0690.